The standard InChI is InChI=1S/C30H18N4S2/c1-2-6-22-21(5-1)29(25-11-9-19(13-31-25)27-15-35-17-33-27)23-7-3-4-8-24(23)30(22)26-12-10-20(14-32-26)28-16-36-18-34-28/h1-18H. The quantitative estimate of drug-likeness (QED) is 0.229. The Hall–Kier alpha value is -4.26. The Morgan fingerprint density at radius 1 is 0.417 bits per heavy atom. The van der Waals surface area contributed by atoms with Crippen LogP contribution in [-0.4, -0.2) is 19.9 Å². The highest BCUT2D eigenvalue weighted by molar-refractivity contribution is 7.08. The zero-order valence-electron chi connectivity index (χ0n) is 19.0. The van der Waals surface area contributed by atoms with Crippen molar-refractivity contribution < 1.29 is 0 Å². The number of benzene rings is 3. The lowest BCUT2D eigenvalue weighted by Crippen LogP contribution is -1.94. The maximum absolute atomic E-state index is 4.89. The molecule has 0 spiro atoms. The number of nitrogens with zero attached hydrogens (tertiary/aromatic N) is 4. The molecule has 4 heterocycles. The Morgan fingerprint density at radius 2 is 0.833 bits per heavy atom. The molecule has 0 saturated carbocycles. The molecule has 0 N–H and O–H groups in total. The van der Waals surface area contributed by atoms with Gasteiger partial charge in [0.25, 0.3) is 0 Å². The third kappa shape index (κ3) is 3.50. The van der Waals surface area contributed by atoms with Crippen molar-refractivity contribution in [1.82, 2.24) is 19.9 Å². The fourth-order valence-corrected chi connectivity index (χ4v) is 5.90. The number of aromatic nitrogens is 4. The number of hydrogen-bond donors (Lipinski definition) is 0. The number of rotatable bonds is 4. The molecule has 3 aromatic carbocycles. The van der Waals surface area contributed by atoms with Crippen LogP contribution < -0.4 is 0 Å². The summed E-state index contributed by atoms with van der Waals surface area (Å²) in [5.41, 5.74) is 11.8. The molecule has 0 amide bonds. The molecule has 0 fully saturated rings. The third-order valence-electron chi connectivity index (χ3n) is 6.43. The maximum Gasteiger partial charge on any atom is 0.0826 e. The first-order valence-corrected chi connectivity index (χ1v) is 13.4. The second-order valence-electron chi connectivity index (χ2n) is 8.45. The second-order valence-corrected chi connectivity index (χ2v) is 9.89. The average Bonchev–Trinajstić information content (AvgIpc) is 3.67. The van der Waals surface area contributed by atoms with Crippen LogP contribution in [0.1, 0.15) is 0 Å². The van der Waals surface area contributed by atoms with Crippen LogP contribution in [0.2, 0.25) is 0 Å². The average molecular weight is 499 g/mol. The van der Waals surface area contributed by atoms with Crippen LogP contribution in [0.4, 0.5) is 0 Å². The molecule has 170 valence electrons. The molecule has 4 aromatic heterocycles. The lowest BCUT2D eigenvalue weighted by atomic mass is 9.88. The van der Waals surface area contributed by atoms with Gasteiger partial charge in [0.2, 0.25) is 0 Å². The Labute approximate surface area is 215 Å². The first-order chi connectivity index (χ1) is 17.9. The third-order valence-corrected chi connectivity index (χ3v) is 7.60. The minimum Gasteiger partial charge on any atom is -0.256 e. The van der Waals surface area contributed by atoms with E-state index in [0.717, 1.165) is 66.6 Å². The molecule has 0 bridgehead atoms. The minimum absolute atomic E-state index is 0.944. The molecule has 7 rings (SSSR count). The maximum atomic E-state index is 4.89. The van der Waals surface area contributed by atoms with E-state index in [9.17, 15) is 0 Å². The van der Waals surface area contributed by atoms with E-state index in [1.807, 2.05) is 34.2 Å². The lowest BCUT2D eigenvalue weighted by Gasteiger charge is -2.17. The van der Waals surface area contributed by atoms with Crippen molar-refractivity contribution in [3.05, 3.63) is 107 Å². The van der Waals surface area contributed by atoms with E-state index < -0.39 is 0 Å². The van der Waals surface area contributed by atoms with Crippen molar-refractivity contribution >= 4 is 44.2 Å². The van der Waals surface area contributed by atoms with Crippen LogP contribution in [0.25, 0.3) is 66.6 Å². The molecule has 0 unspecified atom stereocenters. The van der Waals surface area contributed by atoms with E-state index in [2.05, 4.69) is 82.8 Å². The van der Waals surface area contributed by atoms with Gasteiger partial charge in [-0.2, -0.15) is 0 Å². The monoisotopic (exact) mass is 498 g/mol. The SMILES string of the molecule is c1ccc2c(-c3ccc(-c4cscn4)cn3)c3ccccc3c(-c3ccc(-c4cscn4)cn3)c2c1. The fourth-order valence-electron chi connectivity index (χ4n) is 4.78. The number of hydrogen-bond acceptors (Lipinski definition) is 6. The molecule has 0 aliphatic heterocycles. The molecule has 0 radical (unpaired) electrons. The smallest absolute Gasteiger partial charge is 0.0826 e. The van der Waals surface area contributed by atoms with E-state index in [4.69, 9.17) is 9.97 Å². The largest absolute Gasteiger partial charge is 0.256 e. The van der Waals surface area contributed by atoms with Gasteiger partial charge in [0.15, 0.2) is 0 Å². The number of fused-ring (bicyclic) bond motifs is 2. The highest BCUT2D eigenvalue weighted by Gasteiger charge is 2.18. The van der Waals surface area contributed by atoms with Gasteiger partial charge in [0, 0.05) is 45.4 Å². The molecule has 7 aromatic rings. The zero-order valence-corrected chi connectivity index (χ0v) is 20.6. The highest BCUT2D eigenvalue weighted by atomic mass is 32.1. The fraction of sp³-hybridized carbons (Fsp3) is 0. The minimum atomic E-state index is 0.944. The predicted molar refractivity (Wildman–Crippen MR) is 150 cm³/mol. The Balaban J connectivity index is 1.45. The van der Waals surface area contributed by atoms with Gasteiger partial charge in [-0.05, 0) is 45.8 Å². The Morgan fingerprint density at radius 3 is 1.14 bits per heavy atom. The van der Waals surface area contributed by atoms with Gasteiger partial charge in [-0.15, -0.1) is 22.7 Å². The number of thiazole rings is 2. The highest BCUT2D eigenvalue weighted by Crippen LogP contribution is 2.42. The van der Waals surface area contributed by atoms with Crippen molar-refractivity contribution in [2.75, 3.05) is 0 Å². The summed E-state index contributed by atoms with van der Waals surface area (Å²) in [7, 11) is 0. The summed E-state index contributed by atoms with van der Waals surface area (Å²) < 4.78 is 0. The van der Waals surface area contributed by atoms with Crippen LogP contribution in [0.15, 0.2) is 107 Å². The molecule has 0 aliphatic carbocycles. The molecule has 0 atom stereocenters. The van der Waals surface area contributed by atoms with Crippen LogP contribution in [-0.2, 0) is 0 Å². The van der Waals surface area contributed by atoms with Crippen molar-refractivity contribution in [2.45, 2.75) is 0 Å². The Kier molecular flexibility index (Phi) is 5.12. The summed E-state index contributed by atoms with van der Waals surface area (Å²) in [6.45, 7) is 0. The first kappa shape index (κ1) is 21.1. The molecular formula is C30H18N4S2. The van der Waals surface area contributed by atoms with Gasteiger partial charge in [-0.1, -0.05) is 48.5 Å². The van der Waals surface area contributed by atoms with E-state index >= 15 is 0 Å². The van der Waals surface area contributed by atoms with Crippen LogP contribution in [0, 0.1) is 0 Å². The van der Waals surface area contributed by atoms with Crippen molar-refractivity contribution in [3.8, 4) is 45.0 Å². The summed E-state index contributed by atoms with van der Waals surface area (Å²) in [5.74, 6) is 0. The van der Waals surface area contributed by atoms with Gasteiger partial charge in [0.05, 0.1) is 33.8 Å². The lowest BCUT2D eigenvalue weighted by molar-refractivity contribution is 1.31. The molecule has 4 nitrogen and oxygen atoms in total. The van der Waals surface area contributed by atoms with Gasteiger partial charge < -0.3 is 0 Å². The van der Waals surface area contributed by atoms with E-state index in [-0.39, 0.29) is 0 Å². The molecular weight excluding hydrogens is 480 g/mol. The van der Waals surface area contributed by atoms with Gasteiger partial charge >= 0.3 is 0 Å². The van der Waals surface area contributed by atoms with Crippen LogP contribution >= 0.6 is 22.7 Å². The van der Waals surface area contributed by atoms with Gasteiger partial charge in [-0.25, -0.2) is 9.97 Å². The molecule has 6 heteroatoms. The first-order valence-electron chi connectivity index (χ1n) is 11.5. The molecule has 0 aliphatic rings. The van der Waals surface area contributed by atoms with Crippen molar-refractivity contribution in [1.29, 1.82) is 0 Å². The summed E-state index contributed by atoms with van der Waals surface area (Å²) in [5, 5.41) is 8.72. The normalized spacial score (nSPS) is 11.3. The van der Waals surface area contributed by atoms with Gasteiger partial charge in [0.1, 0.15) is 0 Å². The Bertz CT molecular complexity index is 1610. The molecule has 0 saturated heterocycles. The van der Waals surface area contributed by atoms with E-state index in [0.29, 0.717) is 0 Å². The van der Waals surface area contributed by atoms with E-state index in [1.165, 1.54) is 0 Å². The summed E-state index contributed by atoms with van der Waals surface area (Å²) in [4.78, 5) is 18.6. The molecule has 36 heavy (non-hydrogen) atoms. The van der Waals surface area contributed by atoms with E-state index in [1.54, 1.807) is 22.7 Å². The summed E-state index contributed by atoms with van der Waals surface area (Å²) >= 11 is 3.18. The van der Waals surface area contributed by atoms with Crippen molar-refractivity contribution in [3.63, 3.8) is 0 Å². The van der Waals surface area contributed by atoms with Gasteiger partial charge in [-0.3, -0.25) is 9.97 Å². The second kappa shape index (κ2) is 8.75. The summed E-state index contributed by atoms with van der Waals surface area (Å²) in [6.07, 6.45) is 3.83. The van der Waals surface area contributed by atoms with Crippen LogP contribution in [0.5, 0.6) is 0 Å². The zero-order chi connectivity index (χ0) is 23.9. The number of pyridine rings is 2. The van der Waals surface area contributed by atoms with Crippen molar-refractivity contribution in [2.24, 2.45) is 0 Å². The van der Waals surface area contributed by atoms with Crippen LogP contribution in [0.3, 0.4) is 0 Å². The topological polar surface area (TPSA) is 51.6 Å². The predicted octanol–water partition coefficient (Wildman–Crippen LogP) is 8.36. The summed E-state index contributed by atoms with van der Waals surface area (Å²) in [6, 6.07) is 25.5.